The fraction of sp³-hybridized carbons (Fsp3) is 0.364. The summed E-state index contributed by atoms with van der Waals surface area (Å²) in [5.74, 6) is -0.391. The number of piperazine rings is 1. The highest BCUT2D eigenvalue weighted by atomic mass is 32.2. The standard InChI is InChI=1S/C22H28N4O3S/c1-29-18-9-7-17(8-10-18)26-15-13-25(14-16-26)12-11-23-21(27)22(28)24-19-5-3-4-6-20(19)30-2/h3-10H,11-16H2,1-2H3,(H,23,27)(H,24,28). The third-order valence-corrected chi connectivity index (χ3v) is 5.88. The first kappa shape index (κ1) is 22.0. The largest absolute Gasteiger partial charge is 0.497 e. The predicted molar refractivity (Wildman–Crippen MR) is 122 cm³/mol. The molecule has 1 heterocycles. The second kappa shape index (κ2) is 10.9. The number of hydrogen-bond acceptors (Lipinski definition) is 6. The molecule has 7 nitrogen and oxygen atoms in total. The summed E-state index contributed by atoms with van der Waals surface area (Å²) in [5, 5.41) is 5.40. The quantitative estimate of drug-likeness (QED) is 0.521. The van der Waals surface area contributed by atoms with E-state index >= 15 is 0 Å². The van der Waals surface area contributed by atoms with Crippen molar-refractivity contribution in [1.82, 2.24) is 10.2 Å². The molecule has 0 spiro atoms. The SMILES string of the molecule is COc1ccc(N2CCN(CCNC(=O)C(=O)Nc3ccccc3SC)CC2)cc1. The average Bonchev–Trinajstić information content (AvgIpc) is 2.80. The molecule has 2 N–H and O–H groups in total. The van der Waals surface area contributed by atoms with Crippen LogP contribution in [-0.2, 0) is 9.59 Å². The molecule has 0 bridgehead atoms. The molecule has 1 fully saturated rings. The zero-order valence-corrected chi connectivity index (χ0v) is 18.2. The van der Waals surface area contributed by atoms with Crippen molar-refractivity contribution in [3.63, 3.8) is 0 Å². The minimum absolute atomic E-state index is 0.443. The minimum atomic E-state index is -0.638. The number of carbonyl (C=O) groups is 2. The molecule has 0 saturated carbocycles. The van der Waals surface area contributed by atoms with E-state index in [9.17, 15) is 9.59 Å². The van der Waals surface area contributed by atoms with Gasteiger partial charge in [-0.05, 0) is 42.7 Å². The fourth-order valence-electron chi connectivity index (χ4n) is 3.36. The van der Waals surface area contributed by atoms with Gasteiger partial charge in [0.25, 0.3) is 0 Å². The number of hydrogen-bond donors (Lipinski definition) is 2. The Morgan fingerprint density at radius 2 is 1.70 bits per heavy atom. The molecule has 1 aliphatic rings. The lowest BCUT2D eigenvalue weighted by molar-refractivity contribution is -0.136. The van der Waals surface area contributed by atoms with Crippen LogP contribution in [0.3, 0.4) is 0 Å². The molecule has 3 rings (SSSR count). The zero-order valence-electron chi connectivity index (χ0n) is 17.4. The number of carbonyl (C=O) groups excluding carboxylic acids is 2. The van der Waals surface area contributed by atoms with Crippen molar-refractivity contribution >= 4 is 35.0 Å². The summed E-state index contributed by atoms with van der Waals surface area (Å²) in [4.78, 5) is 29.8. The van der Waals surface area contributed by atoms with Crippen LogP contribution in [0.5, 0.6) is 5.75 Å². The van der Waals surface area contributed by atoms with Gasteiger partial charge in [-0.25, -0.2) is 0 Å². The normalized spacial score (nSPS) is 14.3. The number of ether oxygens (including phenoxy) is 1. The van der Waals surface area contributed by atoms with Gasteiger partial charge in [-0.2, -0.15) is 0 Å². The molecule has 0 radical (unpaired) electrons. The van der Waals surface area contributed by atoms with Crippen LogP contribution in [-0.4, -0.2) is 69.3 Å². The van der Waals surface area contributed by atoms with E-state index in [-0.39, 0.29) is 0 Å². The van der Waals surface area contributed by atoms with Crippen LogP contribution in [0.4, 0.5) is 11.4 Å². The lowest BCUT2D eigenvalue weighted by Crippen LogP contribution is -2.49. The zero-order chi connectivity index (χ0) is 21.3. The summed E-state index contributed by atoms with van der Waals surface area (Å²) in [6.07, 6.45) is 1.93. The van der Waals surface area contributed by atoms with Gasteiger partial charge in [-0.15, -0.1) is 11.8 Å². The van der Waals surface area contributed by atoms with Crippen LogP contribution >= 0.6 is 11.8 Å². The van der Waals surface area contributed by atoms with Gasteiger partial charge in [0.15, 0.2) is 0 Å². The number of benzene rings is 2. The van der Waals surface area contributed by atoms with Crippen molar-refractivity contribution in [2.75, 3.05) is 62.9 Å². The van der Waals surface area contributed by atoms with Crippen molar-refractivity contribution < 1.29 is 14.3 Å². The van der Waals surface area contributed by atoms with Gasteiger partial charge in [-0.3, -0.25) is 14.5 Å². The Morgan fingerprint density at radius 3 is 2.37 bits per heavy atom. The van der Waals surface area contributed by atoms with Crippen molar-refractivity contribution in [3.05, 3.63) is 48.5 Å². The topological polar surface area (TPSA) is 73.9 Å². The number of thioether (sulfide) groups is 1. The first-order valence-electron chi connectivity index (χ1n) is 9.94. The van der Waals surface area contributed by atoms with E-state index in [2.05, 4.69) is 32.6 Å². The molecule has 2 aromatic carbocycles. The van der Waals surface area contributed by atoms with Crippen molar-refractivity contribution in [1.29, 1.82) is 0 Å². The second-order valence-corrected chi connectivity index (χ2v) is 7.79. The maximum absolute atomic E-state index is 12.1. The van der Waals surface area contributed by atoms with E-state index in [1.807, 2.05) is 36.6 Å². The summed E-state index contributed by atoms with van der Waals surface area (Å²) < 4.78 is 5.21. The molecule has 2 amide bonds. The summed E-state index contributed by atoms with van der Waals surface area (Å²) in [6, 6.07) is 15.5. The molecule has 160 valence electrons. The van der Waals surface area contributed by atoms with Gasteiger partial charge >= 0.3 is 11.8 Å². The molecule has 0 atom stereocenters. The van der Waals surface area contributed by atoms with E-state index in [1.165, 1.54) is 17.4 Å². The number of nitrogens with zero attached hydrogens (tertiary/aromatic N) is 2. The van der Waals surface area contributed by atoms with E-state index < -0.39 is 11.8 Å². The summed E-state index contributed by atoms with van der Waals surface area (Å²) >= 11 is 1.52. The van der Waals surface area contributed by atoms with Crippen LogP contribution < -0.4 is 20.3 Å². The van der Waals surface area contributed by atoms with Gasteiger partial charge in [-0.1, -0.05) is 12.1 Å². The van der Waals surface area contributed by atoms with Crippen molar-refractivity contribution in [3.8, 4) is 5.75 Å². The summed E-state index contributed by atoms with van der Waals surface area (Å²) in [6.45, 7) is 4.83. The molecule has 0 aliphatic carbocycles. The molecular formula is C22H28N4O3S. The van der Waals surface area contributed by atoms with Crippen LogP contribution in [0.25, 0.3) is 0 Å². The highest BCUT2D eigenvalue weighted by Crippen LogP contribution is 2.24. The fourth-order valence-corrected chi connectivity index (χ4v) is 3.91. The molecule has 1 saturated heterocycles. The molecule has 30 heavy (non-hydrogen) atoms. The predicted octanol–water partition coefficient (Wildman–Crippen LogP) is 2.29. The number of methoxy groups -OCH3 is 1. The first-order chi connectivity index (χ1) is 14.6. The highest BCUT2D eigenvalue weighted by molar-refractivity contribution is 7.98. The summed E-state index contributed by atoms with van der Waals surface area (Å²) in [7, 11) is 1.67. The van der Waals surface area contributed by atoms with E-state index in [0.717, 1.165) is 43.4 Å². The Labute approximate surface area is 181 Å². The van der Waals surface area contributed by atoms with Crippen LogP contribution in [0.1, 0.15) is 0 Å². The number of rotatable bonds is 7. The van der Waals surface area contributed by atoms with Gasteiger partial charge in [0.2, 0.25) is 0 Å². The Bertz CT molecular complexity index is 852. The second-order valence-electron chi connectivity index (χ2n) is 6.94. The maximum atomic E-state index is 12.1. The van der Waals surface area contributed by atoms with Gasteiger partial charge in [0, 0.05) is 49.9 Å². The van der Waals surface area contributed by atoms with Crippen molar-refractivity contribution in [2.45, 2.75) is 4.90 Å². The summed E-state index contributed by atoms with van der Waals surface area (Å²) in [5.41, 5.74) is 1.84. The Morgan fingerprint density at radius 1 is 1.00 bits per heavy atom. The lowest BCUT2D eigenvalue weighted by Gasteiger charge is -2.36. The third kappa shape index (κ3) is 5.90. The van der Waals surface area contributed by atoms with E-state index in [4.69, 9.17) is 4.74 Å². The number of nitrogens with one attached hydrogen (secondary N) is 2. The van der Waals surface area contributed by atoms with Crippen LogP contribution in [0.15, 0.2) is 53.4 Å². The molecule has 1 aliphatic heterocycles. The van der Waals surface area contributed by atoms with Crippen LogP contribution in [0, 0.1) is 0 Å². The average molecular weight is 429 g/mol. The maximum Gasteiger partial charge on any atom is 0.313 e. The molecule has 0 aromatic heterocycles. The van der Waals surface area contributed by atoms with E-state index in [1.54, 1.807) is 13.2 Å². The Balaban J connectivity index is 1.38. The molecule has 8 heteroatoms. The monoisotopic (exact) mass is 428 g/mol. The first-order valence-corrected chi connectivity index (χ1v) is 11.2. The third-order valence-electron chi connectivity index (χ3n) is 5.08. The van der Waals surface area contributed by atoms with Gasteiger partial charge in [0.1, 0.15) is 5.75 Å². The highest BCUT2D eigenvalue weighted by Gasteiger charge is 2.18. The number of anilines is 2. The van der Waals surface area contributed by atoms with Gasteiger partial charge in [0.05, 0.1) is 12.8 Å². The Kier molecular flexibility index (Phi) is 7.98. The van der Waals surface area contributed by atoms with E-state index in [0.29, 0.717) is 12.2 Å². The number of para-hydroxylation sites is 1. The molecular weight excluding hydrogens is 400 g/mol. The smallest absolute Gasteiger partial charge is 0.313 e. The van der Waals surface area contributed by atoms with Gasteiger partial charge < -0.3 is 20.3 Å². The van der Waals surface area contributed by atoms with Crippen LogP contribution in [0.2, 0.25) is 0 Å². The minimum Gasteiger partial charge on any atom is -0.497 e. The molecule has 2 aromatic rings. The lowest BCUT2D eigenvalue weighted by atomic mass is 10.2. The number of amides is 2. The Hall–Kier alpha value is -2.71. The van der Waals surface area contributed by atoms with Crippen molar-refractivity contribution in [2.24, 2.45) is 0 Å². The molecule has 0 unspecified atom stereocenters.